The van der Waals surface area contributed by atoms with Gasteiger partial charge in [-0.05, 0) is 49.3 Å². The highest BCUT2D eigenvalue weighted by atomic mass is 15.1. The van der Waals surface area contributed by atoms with Gasteiger partial charge in [-0.2, -0.15) is 0 Å². The van der Waals surface area contributed by atoms with Gasteiger partial charge in [-0.3, -0.25) is 0 Å². The molecule has 1 aliphatic rings. The molecule has 0 spiro atoms. The first-order valence-electron chi connectivity index (χ1n) is 8.11. The molecular weight excluding hydrogens is 244 g/mol. The zero-order valence-corrected chi connectivity index (χ0v) is 13.5. The van der Waals surface area contributed by atoms with Crippen LogP contribution in [0.25, 0.3) is 0 Å². The standard InChI is InChI=1S/C18H30N2/c1-5-19-18-12-14(2)11-15(3)17(18)13-20(4)16-9-7-6-8-10-16/h6-10,14-15,17-19H,5,11-13H2,1-4H3. The van der Waals surface area contributed by atoms with Gasteiger partial charge in [0, 0.05) is 25.3 Å². The summed E-state index contributed by atoms with van der Waals surface area (Å²) in [6, 6.07) is 11.4. The summed E-state index contributed by atoms with van der Waals surface area (Å²) in [6.07, 6.45) is 2.70. The molecule has 0 amide bonds. The Balaban J connectivity index is 2.04. The lowest BCUT2D eigenvalue weighted by Gasteiger charge is -2.42. The molecule has 0 aliphatic heterocycles. The lowest BCUT2D eigenvalue weighted by atomic mass is 9.72. The summed E-state index contributed by atoms with van der Waals surface area (Å²) in [5.74, 6) is 2.40. The monoisotopic (exact) mass is 274 g/mol. The van der Waals surface area contributed by atoms with Crippen molar-refractivity contribution in [3.8, 4) is 0 Å². The van der Waals surface area contributed by atoms with E-state index in [1.807, 2.05) is 0 Å². The summed E-state index contributed by atoms with van der Waals surface area (Å²) in [5.41, 5.74) is 1.33. The Labute approximate surface area is 124 Å². The molecule has 0 saturated heterocycles. The number of hydrogen-bond donors (Lipinski definition) is 1. The predicted molar refractivity (Wildman–Crippen MR) is 88.2 cm³/mol. The molecule has 1 fully saturated rings. The van der Waals surface area contributed by atoms with Crippen molar-refractivity contribution in [2.45, 2.75) is 39.7 Å². The van der Waals surface area contributed by atoms with Crippen molar-refractivity contribution in [2.75, 3.05) is 25.0 Å². The summed E-state index contributed by atoms with van der Waals surface area (Å²) in [5, 5.41) is 3.73. The fourth-order valence-electron chi connectivity index (χ4n) is 3.82. The van der Waals surface area contributed by atoms with Crippen molar-refractivity contribution in [1.29, 1.82) is 0 Å². The van der Waals surface area contributed by atoms with Crippen LogP contribution in [-0.2, 0) is 0 Å². The fraction of sp³-hybridized carbons (Fsp3) is 0.667. The Morgan fingerprint density at radius 3 is 2.50 bits per heavy atom. The molecule has 4 atom stereocenters. The van der Waals surface area contributed by atoms with Crippen LogP contribution >= 0.6 is 0 Å². The van der Waals surface area contributed by atoms with Crippen molar-refractivity contribution in [2.24, 2.45) is 17.8 Å². The van der Waals surface area contributed by atoms with Crippen molar-refractivity contribution >= 4 is 5.69 Å². The van der Waals surface area contributed by atoms with Gasteiger partial charge < -0.3 is 10.2 Å². The smallest absolute Gasteiger partial charge is 0.0363 e. The van der Waals surface area contributed by atoms with Crippen LogP contribution in [0.3, 0.4) is 0 Å². The second kappa shape index (κ2) is 7.12. The van der Waals surface area contributed by atoms with E-state index in [9.17, 15) is 0 Å². The fourth-order valence-corrected chi connectivity index (χ4v) is 3.82. The minimum atomic E-state index is 0.671. The predicted octanol–water partition coefficient (Wildman–Crippen LogP) is 3.78. The number of benzene rings is 1. The van der Waals surface area contributed by atoms with Crippen LogP contribution in [0.2, 0.25) is 0 Å². The quantitative estimate of drug-likeness (QED) is 0.879. The third-order valence-corrected chi connectivity index (χ3v) is 4.83. The number of anilines is 1. The molecule has 1 aromatic carbocycles. The molecule has 0 heterocycles. The van der Waals surface area contributed by atoms with E-state index >= 15 is 0 Å². The maximum Gasteiger partial charge on any atom is 0.0363 e. The van der Waals surface area contributed by atoms with Gasteiger partial charge in [0.15, 0.2) is 0 Å². The summed E-state index contributed by atoms with van der Waals surface area (Å²) >= 11 is 0. The minimum absolute atomic E-state index is 0.671. The molecule has 1 aromatic rings. The third-order valence-electron chi connectivity index (χ3n) is 4.83. The molecule has 0 radical (unpaired) electrons. The molecule has 2 rings (SSSR count). The van der Waals surface area contributed by atoms with Crippen LogP contribution in [0.4, 0.5) is 5.69 Å². The maximum absolute atomic E-state index is 3.73. The van der Waals surface area contributed by atoms with Gasteiger partial charge in [0.25, 0.3) is 0 Å². The van der Waals surface area contributed by atoms with Crippen LogP contribution in [-0.4, -0.2) is 26.2 Å². The number of hydrogen-bond acceptors (Lipinski definition) is 2. The average Bonchev–Trinajstić information content (AvgIpc) is 2.43. The number of para-hydroxylation sites is 1. The second-order valence-electron chi connectivity index (χ2n) is 6.60. The topological polar surface area (TPSA) is 15.3 Å². The first-order valence-corrected chi connectivity index (χ1v) is 8.11. The molecule has 2 heteroatoms. The Kier molecular flexibility index (Phi) is 5.47. The van der Waals surface area contributed by atoms with Crippen LogP contribution < -0.4 is 10.2 Å². The van der Waals surface area contributed by atoms with E-state index in [2.05, 4.69) is 68.4 Å². The van der Waals surface area contributed by atoms with E-state index < -0.39 is 0 Å². The van der Waals surface area contributed by atoms with E-state index in [1.165, 1.54) is 18.5 Å². The van der Waals surface area contributed by atoms with E-state index in [4.69, 9.17) is 0 Å². The summed E-state index contributed by atoms with van der Waals surface area (Å²) < 4.78 is 0. The highest BCUT2D eigenvalue weighted by molar-refractivity contribution is 5.45. The Morgan fingerprint density at radius 2 is 1.85 bits per heavy atom. The van der Waals surface area contributed by atoms with Crippen LogP contribution in [0.15, 0.2) is 30.3 Å². The van der Waals surface area contributed by atoms with E-state index in [0.29, 0.717) is 6.04 Å². The normalized spacial score (nSPS) is 30.2. The van der Waals surface area contributed by atoms with Gasteiger partial charge in [-0.15, -0.1) is 0 Å². The number of nitrogens with zero attached hydrogens (tertiary/aromatic N) is 1. The zero-order valence-electron chi connectivity index (χ0n) is 13.5. The van der Waals surface area contributed by atoms with E-state index in [0.717, 1.165) is 30.8 Å². The number of rotatable bonds is 5. The molecule has 1 N–H and O–H groups in total. The first-order chi connectivity index (χ1) is 9.61. The highest BCUT2D eigenvalue weighted by Gasteiger charge is 2.34. The van der Waals surface area contributed by atoms with Crippen molar-refractivity contribution in [3.63, 3.8) is 0 Å². The van der Waals surface area contributed by atoms with Gasteiger partial charge >= 0.3 is 0 Å². The number of nitrogens with one attached hydrogen (secondary N) is 1. The SMILES string of the molecule is CCNC1CC(C)CC(C)C1CN(C)c1ccccc1. The highest BCUT2D eigenvalue weighted by Crippen LogP contribution is 2.34. The molecule has 2 nitrogen and oxygen atoms in total. The summed E-state index contributed by atoms with van der Waals surface area (Å²) in [6.45, 7) is 9.29. The molecule has 0 aromatic heterocycles. The van der Waals surface area contributed by atoms with Gasteiger partial charge in [0.05, 0.1) is 0 Å². The third kappa shape index (κ3) is 3.76. The first kappa shape index (κ1) is 15.4. The molecule has 1 saturated carbocycles. The lowest BCUT2D eigenvalue weighted by Crippen LogP contribution is -2.48. The Bertz CT molecular complexity index is 390. The molecule has 112 valence electrons. The van der Waals surface area contributed by atoms with E-state index in [1.54, 1.807) is 0 Å². The summed E-state index contributed by atoms with van der Waals surface area (Å²) in [7, 11) is 2.23. The van der Waals surface area contributed by atoms with Gasteiger partial charge in [0.2, 0.25) is 0 Å². The molecule has 4 unspecified atom stereocenters. The average molecular weight is 274 g/mol. The van der Waals surface area contributed by atoms with Crippen molar-refractivity contribution in [1.82, 2.24) is 5.32 Å². The lowest BCUT2D eigenvalue weighted by molar-refractivity contribution is 0.154. The van der Waals surface area contributed by atoms with Crippen LogP contribution in [0.1, 0.15) is 33.6 Å². The van der Waals surface area contributed by atoms with E-state index in [-0.39, 0.29) is 0 Å². The van der Waals surface area contributed by atoms with Gasteiger partial charge in [-0.25, -0.2) is 0 Å². The van der Waals surface area contributed by atoms with Gasteiger partial charge in [0.1, 0.15) is 0 Å². The second-order valence-corrected chi connectivity index (χ2v) is 6.60. The van der Waals surface area contributed by atoms with Crippen molar-refractivity contribution in [3.05, 3.63) is 30.3 Å². The van der Waals surface area contributed by atoms with Crippen LogP contribution in [0.5, 0.6) is 0 Å². The Morgan fingerprint density at radius 1 is 1.15 bits per heavy atom. The van der Waals surface area contributed by atoms with Gasteiger partial charge in [-0.1, -0.05) is 39.0 Å². The molecule has 0 bridgehead atoms. The summed E-state index contributed by atoms with van der Waals surface area (Å²) in [4.78, 5) is 2.42. The van der Waals surface area contributed by atoms with Crippen LogP contribution in [0, 0.1) is 17.8 Å². The molecule has 1 aliphatic carbocycles. The molecular formula is C18H30N2. The maximum atomic E-state index is 3.73. The van der Waals surface area contributed by atoms with Crippen molar-refractivity contribution < 1.29 is 0 Å². The Hall–Kier alpha value is -1.02. The molecule has 20 heavy (non-hydrogen) atoms. The largest absolute Gasteiger partial charge is 0.374 e. The minimum Gasteiger partial charge on any atom is -0.374 e. The zero-order chi connectivity index (χ0) is 14.5.